The van der Waals surface area contributed by atoms with Crippen LogP contribution in [0.3, 0.4) is 0 Å². The topological polar surface area (TPSA) is 96.5 Å². The second-order valence-corrected chi connectivity index (χ2v) is 6.82. The van der Waals surface area contributed by atoms with Crippen molar-refractivity contribution in [3.05, 3.63) is 21.5 Å². The van der Waals surface area contributed by atoms with Crippen molar-refractivity contribution in [1.29, 1.82) is 0 Å². The highest BCUT2D eigenvalue weighted by Gasteiger charge is 2.31. The van der Waals surface area contributed by atoms with E-state index in [1.165, 1.54) is 0 Å². The summed E-state index contributed by atoms with van der Waals surface area (Å²) < 4.78 is 1.58. The molecule has 1 aromatic rings. The maximum absolute atomic E-state index is 12.5. The molecule has 3 heterocycles. The molecule has 0 bridgehead atoms. The van der Waals surface area contributed by atoms with E-state index in [1.54, 1.807) is 18.5 Å². The Morgan fingerprint density at radius 3 is 2.62 bits per heavy atom. The molecule has 0 spiro atoms. The number of nitrogens with one attached hydrogen (secondary N) is 1. The number of hydrogen-bond donors (Lipinski definition) is 1. The Morgan fingerprint density at radius 1 is 1.31 bits per heavy atom. The van der Waals surface area contributed by atoms with E-state index in [4.69, 9.17) is 0 Å². The Labute approximate surface area is 159 Å². The van der Waals surface area contributed by atoms with E-state index in [2.05, 4.69) is 15.3 Å². The second-order valence-electron chi connectivity index (χ2n) is 6.82. The van der Waals surface area contributed by atoms with Crippen LogP contribution in [-0.4, -0.2) is 75.7 Å². The number of amides is 1. The lowest BCUT2D eigenvalue weighted by Gasteiger charge is -2.32. The third-order valence-electron chi connectivity index (χ3n) is 5.25. The molecule has 10 heteroatoms. The zero-order chi connectivity index (χ0) is 18.0. The molecular formula is C16H27ClN6O3. The predicted molar refractivity (Wildman–Crippen MR) is 99.6 cm³/mol. The van der Waals surface area contributed by atoms with Crippen molar-refractivity contribution in [3.63, 3.8) is 0 Å². The van der Waals surface area contributed by atoms with E-state index in [0.29, 0.717) is 30.4 Å². The highest BCUT2D eigenvalue weighted by Crippen LogP contribution is 2.22. The summed E-state index contributed by atoms with van der Waals surface area (Å²) in [6.07, 6.45) is 1.35. The molecule has 2 aliphatic rings. The average Bonchev–Trinajstić information content (AvgIpc) is 3.18. The molecule has 0 aliphatic carbocycles. The number of nitro groups is 1. The van der Waals surface area contributed by atoms with E-state index >= 15 is 0 Å². The van der Waals surface area contributed by atoms with Gasteiger partial charge in [-0.3, -0.25) is 24.5 Å². The van der Waals surface area contributed by atoms with Gasteiger partial charge in [-0.25, -0.2) is 0 Å². The Morgan fingerprint density at radius 2 is 2.00 bits per heavy atom. The van der Waals surface area contributed by atoms with Crippen molar-refractivity contribution < 1.29 is 9.72 Å². The third-order valence-corrected chi connectivity index (χ3v) is 5.25. The molecule has 2 fully saturated rings. The van der Waals surface area contributed by atoms with E-state index < -0.39 is 4.92 Å². The maximum Gasteiger partial charge on any atom is 0.312 e. The van der Waals surface area contributed by atoms with Crippen LogP contribution in [0.5, 0.6) is 0 Å². The van der Waals surface area contributed by atoms with Crippen LogP contribution in [0.4, 0.5) is 5.69 Å². The van der Waals surface area contributed by atoms with Gasteiger partial charge in [-0.1, -0.05) is 0 Å². The predicted octanol–water partition coefficient (Wildman–Crippen LogP) is 0.726. The monoisotopic (exact) mass is 386 g/mol. The van der Waals surface area contributed by atoms with Crippen molar-refractivity contribution in [2.45, 2.75) is 39.3 Å². The maximum atomic E-state index is 12.5. The highest BCUT2D eigenvalue weighted by molar-refractivity contribution is 5.85. The second kappa shape index (κ2) is 8.79. The van der Waals surface area contributed by atoms with Gasteiger partial charge >= 0.3 is 5.69 Å². The van der Waals surface area contributed by atoms with Crippen molar-refractivity contribution in [2.75, 3.05) is 39.3 Å². The van der Waals surface area contributed by atoms with E-state index in [-0.39, 0.29) is 24.0 Å². The zero-order valence-electron chi connectivity index (χ0n) is 15.3. The summed E-state index contributed by atoms with van der Waals surface area (Å²) in [5, 5.41) is 18.6. The molecule has 26 heavy (non-hydrogen) atoms. The van der Waals surface area contributed by atoms with Gasteiger partial charge in [-0.15, -0.1) is 12.4 Å². The molecule has 1 atom stereocenters. The number of piperazine rings is 1. The Balaban J connectivity index is 0.00000243. The third kappa shape index (κ3) is 4.33. The minimum absolute atomic E-state index is 0. The molecule has 3 rings (SSSR count). The molecule has 0 saturated carbocycles. The number of rotatable bonds is 5. The van der Waals surface area contributed by atoms with Crippen LogP contribution in [0.1, 0.15) is 24.2 Å². The first-order valence-electron chi connectivity index (χ1n) is 8.88. The number of nitrogens with zero attached hydrogens (tertiary/aromatic N) is 5. The zero-order valence-corrected chi connectivity index (χ0v) is 16.1. The van der Waals surface area contributed by atoms with Gasteiger partial charge in [0.25, 0.3) is 0 Å². The lowest BCUT2D eigenvalue weighted by molar-refractivity contribution is -0.386. The summed E-state index contributed by atoms with van der Waals surface area (Å²) in [4.78, 5) is 27.5. The van der Waals surface area contributed by atoms with E-state index in [1.807, 2.05) is 4.90 Å². The number of hydrogen-bond acceptors (Lipinski definition) is 6. The molecule has 0 aromatic carbocycles. The molecule has 1 amide bonds. The number of halogens is 1. The van der Waals surface area contributed by atoms with Crippen molar-refractivity contribution in [3.8, 4) is 0 Å². The van der Waals surface area contributed by atoms with Crippen LogP contribution in [0.15, 0.2) is 0 Å². The van der Waals surface area contributed by atoms with Gasteiger partial charge in [0.15, 0.2) is 0 Å². The number of aryl methyl sites for hydroxylation is 2. The van der Waals surface area contributed by atoms with Crippen LogP contribution < -0.4 is 5.32 Å². The molecule has 1 aromatic heterocycles. The van der Waals surface area contributed by atoms with Crippen molar-refractivity contribution in [2.24, 2.45) is 0 Å². The van der Waals surface area contributed by atoms with Crippen LogP contribution >= 0.6 is 12.4 Å². The van der Waals surface area contributed by atoms with Gasteiger partial charge in [0.05, 0.1) is 11.5 Å². The average molecular weight is 387 g/mol. The van der Waals surface area contributed by atoms with Gasteiger partial charge in [-0.05, 0) is 20.3 Å². The molecule has 146 valence electrons. The Bertz CT molecular complexity index is 659. The summed E-state index contributed by atoms with van der Waals surface area (Å²) in [5.74, 6) is 0.104. The smallest absolute Gasteiger partial charge is 0.312 e. The SMILES string of the molecule is Cc1nn(CCC(=O)N2CCC(N3CCNCC3)C2)c(C)c1[N+](=O)[O-].Cl. The van der Waals surface area contributed by atoms with Crippen molar-refractivity contribution >= 4 is 24.0 Å². The summed E-state index contributed by atoms with van der Waals surface area (Å²) in [6, 6.07) is 0.459. The largest absolute Gasteiger partial charge is 0.341 e. The van der Waals surface area contributed by atoms with Crippen LogP contribution in [0.2, 0.25) is 0 Å². The molecule has 9 nitrogen and oxygen atoms in total. The minimum Gasteiger partial charge on any atom is -0.341 e. The minimum atomic E-state index is -0.408. The summed E-state index contributed by atoms with van der Waals surface area (Å²) in [7, 11) is 0. The van der Waals surface area contributed by atoms with Crippen molar-refractivity contribution in [1.82, 2.24) is 24.9 Å². The number of carbonyl (C=O) groups excluding carboxylic acids is 1. The lowest BCUT2D eigenvalue weighted by atomic mass is 10.2. The quantitative estimate of drug-likeness (QED) is 0.591. The Hall–Kier alpha value is -1.71. The summed E-state index contributed by atoms with van der Waals surface area (Å²) in [6.45, 7) is 9.39. The van der Waals surface area contributed by atoms with Crippen LogP contribution in [0.25, 0.3) is 0 Å². The van der Waals surface area contributed by atoms with Gasteiger partial charge in [0.1, 0.15) is 11.4 Å². The fourth-order valence-electron chi connectivity index (χ4n) is 3.84. The molecule has 1 unspecified atom stereocenters. The lowest BCUT2D eigenvalue weighted by Crippen LogP contribution is -2.49. The summed E-state index contributed by atoms with van der Waals surface area (Å²) >= 11 is 0. The van der Waals surface area contributed by atoms with Crippen LogP contribution in [0, 0.1) is 24.0 Å². The molecular weight excluding hydrogens is 360 g/mol. The summed E-state index contributed by atoms with van der Waals surface area (Å²) in [5.41, 5.74) is 0.956. The van der Waals surface area contributed by atoms with Gasteiger partial charge in [-0.2, -0.15) is 5.10 Å². The number of likely N-dealkylation sites (tertiary alicyclic amines) is 1. The first-order valence-corrected chi connectivity index (χ1v) is 8.88. The van der Waals surface area contributed by atoms with Gasteiger partial charge < -0.3 is 10.2 Å². The van der Waals surface area contributed by atoms with E-state index in [0.717, 1.165) is 45.7 Å². The van der Waals surface area contributed by atoms with Gasteiger partial charge in [0, 0.05) is 51.7 Å². The fourth-order valence-corrected chi connectivity index (χ4v) is 3.84. The molecule has 2 aliphatic heterocycles. The highest BCUT2D eigenvalue weighted by atomic mass is 35.5. The number of carbonyl (C=O) groups is 1. The Kier molecular flexibility index (Phi) is 6.96. The first kappa shape index (κ1) is 20.6. The molecule has 2 saturated heterocycles. The number of aromatic nitrogens is 2. The molecule has 0 radical (unpaired) electrons. The normalized spacial score (nSPS) is 20.8. The van der Waals surface area contributed by atoms with Gasteiger partial charge in [0.2, 0.25) is 5.91 Å². The van der Waals surface area contributed by atoms with E-state index in [9.17, 15) is 14.9 Å². The van der Waals surface area contributed by atoms with Crippen LogP contribution in [-0.2, 0) is 11.3 Å². The first-order chi connectivity index (χ1) is 12.0. The standard InChI is InChI=1S/C16H26N6O3.ClH/c1-12-16(22(24)25)13(2)21(18-12)8-4-15(23)20-7-3-14(11-20)19-9-5-17-6-10-19;/h14,17H,3-11H2,1-2H3;1H. The molecule has 1 N–H and O–H groups in total. The fraction of sp³-hybridized carbons (Fsp3) is 0.750.